The molecule has 0 radical (unpaired) electrons. The number of ether oxygens (including phenoxy) is 2. The van der Waals surface area contributed by atoms with Crippen molar-refractivity contribution in [2.45, 2.75) is 44.6 Å². The molecule has 1 aromatic rings. The third-order valence-corrected chi connectivity index (χ3v) is 4.33. The molecule has 128 valence electrons. The van der Waals surface area contributed by atoms with E-state index >= 15 is 0 Å². The summed E-state index contributed by atoms with van der Waals surface area (Å²) < 4.78 is 10.4. The number of aliphatic hydroxyl groups excluding tert-OH is 1. The van der Waals surface area contributed by atoms with Crippen LogP contribution in [-0.2, 0) is 4.74 Å². The van der Waals surface area contributed by atoms with Gasteiger partial charge in [0, 0.05) is 6.54 Å². The van der Waals surface area contributed by atoms with Crippen molar-refractivity contribution in [3.05, 3.63) is 29.8 Å². The number of hydrogen-bond acceptors (Lipinski definition) is 4. The third-order valence-electron chi connectivity index (χ3n) is 4.33. The Morgan fingerprint density at radius 1 is 1.35 bits per heavy atom. The summed E-state index contributed by atoms with van der Waals surface area (Å²) in [6.45, 7) is 1.12. The minimum absolute atomic E-state index is 0.362. The van der Waals surface area contributed by atoms with E-state index in [2.05, 4.69) is 10.1 Å². The highest BCUT2D eigenvalue weighted by molar-refractivity contribution is 5.66. The topological polar surface area (TPSA) is 67.8 Å². The molecule has 5 nitrogen and oxygen atoms in total. The minimum atomic E-state index is -0.634. The van der Waals surface area contributed by atoms with Crippen molar-refractivity contribution in [2.24, 2.45) is 5.92 Å². The Morgan fingerprint density at radius 3 is 2.87 bits per heavy atom. The molecular formula is C18H27NO4. The Hall–Kier alpha value is -1.75. The number of alkyl carbamates (subject to hydrolysis) is 1. The van der Waals surface area contributed by atoms with Crippen LogP contribution in [0.4, 0.5) is 4.79 Å². The number of hydrogen-bond donors (Lipinski definition) is 2. The zero-order valence-electron chi connectivity index (χ0n) is 13.8. The van der Waals surface area contributed by atoms with Crippen molar-refractivity contribution >= 4 is 6.09 Å². The molecule has 5 heteroatoms. The molecule has 0 spiro atoms. The number of carbonyl (C=O) groups is 1. The van der Waals surface area contributed by atoms with E-state index in [1.807, 2.05) is 24.3 Å². The number of aliphatic hydroxyl groups is 1. The fourth-order valence-corrected chi connectivity index (χ4v) is 2.93. The summed E-state index contributed by atoms with van der Waals surface area (Å²) >= 11 is 0. The molecule has 2 N–H and O–H groups in total. The number of rotatable bonds is 7. The van der Waals surface area contributed by atoms with Crippen LogP contribution < -0.4 is 10.1 Å². The van der Waals surface area contributed by atoms with Gasteiger partial charge in [-0.25, -0.2) is 4.79 Å². The third kappa shape index (κ3) is 6.10. The van der Waals surface area contributed by atoms with E-state index in [0.717, 1.165) is 17.9 Å². The van der Waals surface area contributed by atoms with E-state index in [4.69, 9.17) is 4.74 Å². The molecule has 0 aliphatic heterocycles. The number of methoxy groups -OCH3 is 1. The summed E-state index contributed by atoms with van der Waals surface area (Å²) in [5.41, 5.74) is 0.804. The minimum Gasteiger partial charge on any atom is -0.493 e. The van der Waals surface area contributed by atoms with Crippen molar-refractivity contribution in [3.63, 3.8) is 0 Å². The summed E-state index contributed by atoms with van der Waals surface area (Å²) in [6, 6.07) is 7.57. The molecule has 1 aliphatic carbocycles. The highest BCUT2D eigenvalue weighted by Crippen LogP contribution is 2.26. The second-order valence-electron chi connectivity index (χ2n) is 6.11. The molecule has 1 fully saturated rings. The van der Waals surface area contributed by atoms with Crippen LogP contribution in [0.25, 0.3) is 0 Å². The summed E-state index contributed by atoms with van der Waals surface area (Å²) in [6.07, 6.45) is 5.77. The van der Waals surface area contributed by atoms with Crippen LogP contribution in [-0.4, -0.2) is 31.5 Å². The van der Waals surface area contributed by atoms with Gasteiger partial charge in [-0.1, -0.05) is 31.4 Å². The zero-order chi connectivity index (χ0) is 16.5. The van der Waals surface area contributed by atoms with E-state index in [1.54, 1.807) is 0 Å². The van der Waals surface area contributed by atoms with Crippen LogP contribution in [0.3, 0.4) is 0 Å². The molecule has 0 heterocycles. The van der Waals surface area contributed by atoms with Crippen LogP contribution in [0.1, 0.15) is 50.2 Å². The van der Waals surface area contributed by atoms with Gasteiger partial charge in [0.15, 0.2) is 0 Å². The fraction of sp³-hybridized carbons (Fsp3) is 0.611. The number of nitrogens with one attached hydrogen (secondary N) is 1. The van der Waals surface area contributed by atoms with Crippen molar-refractivity contribution in [1.82, 2.24) is 5.32 Å². The van der Waals surface area contributed by atoms with Crippen molar-refractivity contribution in [2.75, 3.05) is 20.3 Å². The first kappa shape index (κ1) is 17.6. The van der Waals surface area contributed by atoms with Crippen LogP contribution in [0.15, 0.2) is 24.3 Å². The van der Waals surface area contributed by atoms with E-state index in [9.17, 15) is 9.90 Å². The van der Waals surface area contributed by atoms with Gasteiger partial charge in [-0.15, -0.1) is 0 Å². The normalized spacial score (nSPS) is 16.6. The van der Waals surface area contributed by atoms with Gasteiger partial charge in [-0.2, -0.15) is 0 Å². The van der Waals surface area contributed by atoms with Gasteiger partial charge in [-0.05, 0) is 42.9 Å². The van der Waals surface area contributed by atoms with Gasteiger partial charge in [0.1, 0.15) is 5.75 Å². The largest absolute Gasteiger partial charge is 0.493 e. The van der Waals surface area contributed by atoms with Gasteiger partial charge in [0.05, 0.1) is 19.8 Å². The SMILES string of the molecule is COC(=O)NCCC(O)c1cccc(OCC2CCCCC2)c1. The molecule has 2 rings (SSSR count). The molecule has 0 bridgehead atoms. The lowest BCUT2D eigenvalue weighted by atomic mass is 9.90. The van der Waals surface area contributed by atoms with Gasteiger partial charge in [-0.3, -0.25) is 0 Å². The highest BCUT2D eigenvalue weighted by atomic mass is 16.5. The lowest BCUT2D eigenvalue weighted by Gasteiger charge is -2.22. The van der Waals surface area contributed by atoms with E-state index in [-0.39, 0.29) is 0 Å². The van der Waals surface area contributed by atoms with Gasteiger partial charge < -0.3 is 19.9 Å². The maximum atomic E-state index is 11.0. The van der Waals surface area contributed by atoms with E-state index < -0.39 is 12.2 Å². The molecule has 1 amide bonds. The molecule has 1 aliphatic rings. The molecule has 1 atom stereocenters. The predicted molar refractivity (Wildman–Crippen MR) is 88.5 cm³/mol. The van der Waals surface area contributed by atoms with Crippen LogP contribution in [0.5, 0.6) is 5.75 Å². The zero-order valence-corrected chi connectivity index (χ0v) is 13.8. The van der Waals surface area contributed by atoms with Crippen molar-refractivity contribution in [3.8, 4) is 5.75 Å². The highest BCUT2D eigenvalue weighted by Gasteiger charge is 2.14. The number of amides is 1. The summed E-state index contributed by atoms with van der Waals surface area (Å²) in [7, 11) is 1.32. The van der Waals surface area contributed by atoms with Crippen LogP contribution in [0, 0.1) is 5.92 Å². The quantitative estimate of drug-likeness (QED) is 0.807. The first-order chi connectivity index (χ1) is 11.2. The van der Waals surface area contributed by atoms with Crippen LogP contribution in [0.2, 0.25) is 0 Å². The van der Waals surface area contributed by atoms with E-state index in [0.29, 0.717) is 18.9 Å². The maximum absolute atomic E-state index is 11.0. The smallest absolute Gasteiger partial charge is 0.406 e. The molecule has 1 unspecified atom stereocenters. The summed E-state index contributed by atoms with van der Waals surface area (Å²) in [5.74, 6) is 1.45. The summed E-state index contributed by atoms with van der Waals surface area (Å²) in [4.78, 5) is 11.0. The Balaban J connectivity index is 1.79. The fourth-order valence-electron chi connectivity index (χ4n) is 2.93. The summed E-state index contributed by atoms with van der Waals surface area (Å²) in [5, 5.41) is 12.8. The first-order valence-electron chi connectivity index (χ1n) is 8.41. The molecular weight excluding hydrogens is 294 g/mol. The lowest BCUT2D eigenvalue weighted by Crippen LogP contribution is -2.25. The lowest BCUT2D eigenvalue weighted by molar-refractivity contribution is 0.154. The monoisotopic (exact) mass is 321 g/mol. The van der Waals surface area contributed by atoms with E-state index in [1.165, 1.54) is 39.2 Å². The Bertz CT molecular complexity index is 486. The van der Waals surface area contributed by atoms with Gasteiger partial charge in [0.2, 0.25) is 0 Å². The standard InChI is InChI=1S/C18H27NO4/c1-22-18(21)19-11-10-17(20)15-8-5-9-16(12-15)23-13-14-6-3-2-4-7-14/h5,8-9,12,14,17,20H,2-4,6-7,10-11,13H2,1H3,(H,19,21). The van der Waals surface area contributed by atoms with Crippen molar-refractivity contribution in [1.29, 1.82) is 0 Å². The molecule has 1 aromatic carbocycles. The second kappa shape index (κ2) is 9.40. The molecule has 0 aromatic heterocycles. The maximum Gasteiger partial charge on any atom is 0.406 e. The average Bonchev–Trinajstić information content (AvgIpc) is 2.60. The number of benzene rings is 1. The number of carbonyl (C=O) groups excluding carboxylic acids is 1. The first-order valence-corrected chi connectivity index (χ1v) is 8.41. The molecule has 1 saturated carbocycles. The van der Waals surface area contributed by atoms with Crippen LogP contribution >= 0.6 is 0 Å². The Labute approximate surface area is 138 Å². The van der Waals surface area contributed by atoms with Gasteiger partial charge >= 0.3 is 6.09 Å². The molecule has 0 saturated heterocycles. The van der Waals surface area contributed by atoms with Gasteiger partial charge in [0.25, 0.3) is 0 Å². The Morgan fingerprint density at radius 2 is 2.13 bits per heavy atom. The second-order valence-corrected chi connectivity index (χ2v) is 6.11. The average molecular weight is 321 g/mol. The predicted octanol–water partition coefficient (Wildman–Crippen LogP) is 3.43. The molecule has 23 heavy (non-hydrogen) atoms. The Kier molecular flexibility index (Phi) is 7.20. The van der Waals surface area contributed by atoms with Crippen molar-refractivity contribution < 1.29 is 19.4 Å².